The van der Waals surface area contributed by atoms with Crippen molar-refractivity contribution in [3.8, 4) is 0 Å². The number of halogens is 3. The van der Waals surface area contributed by atoms with Crippen molar-refractivity contribution in [2.75, 3.05) is 29.9 Å². The van der Waals surface area contributed by atoms with E-state index in [0.717, 1.165) is 18.7 Å². The second-order valence-corrected chi connectivity index (χ2v) is 6.69. The summed E-state index contributed by atoms with van der Waals surface area (Å²) in [7, 11) is 0. The monoisotopic (exact) mass is 326 g/mol. The van der Waals surface area contributed by atoms with Crippen LogP contribution in [-0.2, 0) is 11.6 Å². The van der Waals surface area contributed by atoms with Gasteiger partial charge in [-0.1, -0.05) is 29.5 Å². The Hall–Kier alpha value is -1.83. The molecule has 116 valence electrons. The Bertz CT molecular complexity index is 714. The fourth-order valence-corrected chi connectivity index (χ4v) is 4.05. The zero-order valence-electron chi connectivity index (χ0n) is 11.5. The van der Waals surface area contributed by atoms with Gasteiger partial charge < -0.3 is 10.2 Å². The van der Waals surface area contributed by atoms with Gasteiger partial charge in [0.05, 0.1) is 0 Å². The van der Waals surface area contributed by atoms with Crippen molar-refractivity contribution < 1.29 is 13.2 Å². The molecule has 0 bridgehead atoms. The van der Waals surface area contributed by atoms with Gasteiger partial charge in [0.1, 0.15) is 0 Å². The number of aromatic nitrogens is 2. The number of benzene rings is 1. The molecule has 1 fully saturated rings. The number of nitrogens with one attached hydrogen (secondary N) is 1. The van der Waals surface area contributed by atoms with E-state index in [0.29, 0.717) is 29.6 Å². The first-order chi connectivity index (χ1) is 10.5. The standard InChI is InChI=1S/C14H13F3N4S/c15-14(16,17)11-19-20-12(22-11)21-6-5-13(8-21)7-18-10-4-2-1-3-9(10)13/h1-4,18H,5-8H2. The van der Waals surface area contributed by atoms with Crippen LogP contribution in [0.5, 0.6) is 0 Å². The second kappa shape index (κ2) is 4.58. The summed E-state index contributed by atoms with van der Waals surface area (Å²) in [6, 6.07) is 8.13. The third-order valence-corrected chi connectivity index (χ3v) is 5.43. The Kier molecular flexibility index (Phi) is 2.87. The Morgan fingerprint density at radius 2 is 2.05 bits per heavy atom. The van der Waals surface area contributed by atoms with Crippen LogP contribution in [-0.4, -0.2) is 29.8 Å². The summed E-state index contributed by atoms with van der Waals surface area (Å²) in [6.07, 6.45) is -3.52. The third kappa shape index (κ3) is 2.05. The molecule has 1 saturated heterocycles. The molecule has 0 amide bonds. The summed E-state index contributed by atoms with van der Waals surface area (Å²) in [5.41, 5.74) is 2.33. The normalized spacial score (nSPS) is 23.9. The maximum atomic E-state index is 12.7. The van der Waals surface area contributed by atoms with Crippen molar-refractivity contribution in [3.63, 3.8) is 0 Å². The van der Waals surface area contributed by atoms with Gasteiger partial charge in [0.15, 0.2) is 0 Å². The van der Waals surface area contributed by atoms with Gasteiger partial charge >= 0.3 is 6.18 Å². The van der Waals surface area contributed by atoms with Crippen LogP contribution in [0.25, 0.3) is 0 Å². The van der Waals surface area contributed by atoms with Crippen LogP contribution in [0.15, 0.2) is 24.3 Å². The SMILES string of the molecule is FC(F)(F)c1nnc(N2CCC3(CNc4ccccc43)C2)s1. The summed E-state index contributed by atoms with van der Waals surface area (Å²) in [6.45, 7) is 2.18. The van der Waals surface area contributed by atoms with Crippen molar-refractivity contribution in [2.45, 2.75) is 18.0 Å². The van der Waals surface area contributed by atoms with Gasteiger partial charge in [-0.25, -0.2) is 0 Å². The van der Waals surface area contributed by atoms with Crippen molar-refractivity contribution in [1.29, 1.82) is 0 Å². The van der Waals surface area contributed by atoms with E-state index in [1.54, 1.807) is 0 Å². The summed E-state index contributed by atoms with van der Waals surface area (Å²) in [5.74, 6) is 0. The van der Waals surface area contributed by atoms with E-state index in [9.17, 15) is 13.2 Å². The number of fused-ring (bicyclic) bond motifs is 2. The number of anilines is 2. The quantitative estimate of drug-likeness (QED) is 0.874. The Balaban J connectivity index is 1.60. The lowest BCUT2D eigenvalue weighted by Crippen LogP contribution is -2.32. The molecule has 4 rings (SSSR count). The largest absolute Gasteiger partial charge is 0.445 e. The third-order valence-electron chi connectivity index (χ3n) is 4.40. The predicted molar refractivity (Wildman–Crippen MR) is 78.4 cm³/mol. The maximum absolute atomic E-state index is 12.7. The molecule has 1 unspecified atom stereocenters. The van der Waals surface area contributed by atoms with Gasteiger partial charge in [-0.15, -0.1) is 10.2 Å². The lowest BCUT2D eigenvalue weighted by molar-refractivity contribution is -0.138. The molecule has 2 aliphatic heterocycles. The van der Waals surface area contributed by atoms with Crippen LogP contribution >= 0.6 is 11.3 Å². The van der Waals surface area contributed by atoms with Crippen molar-refractivity contribution in [3.05, 3.63) is 34.8 Å². The van der Waals surface area contributed by atoms with Crippen molar-refractivity contribution in [2.24, 2.45) is 0 Å². The molecule has 1 aromatic carbocycles. The van der Waals surface area contributed by atoms with Crippen LogP contribution in [0, 0.1) is 0 Å². The zero-order chi connectivity index (χ0) is 15.4. The highest BCUT2D eigenvalue weighted by Crippen LogP contribution is 2.45. The molecule has 4 nitrogen and oxygen atoms in total. The minimum Gasteiger partial charge on any atom is -0.384 e. The number of hydrogen-bond donors (Lipinski definition) is 1. The smallest absolute Gasteiger partial charge is 0.384 e. The molecule has 2 aliphatic rings. The van der Waals surface area contributed by atoms with E-state index in [-0.39, 0.29) is 5.41 Å². The molecule has 1 N–H and O–H groups in total. The summed E-state index contributed by atoms with van der Waals surface area (Å²) in [4.78, 5) is 1.91. The summed E-state index contributed by atoms with van der Waals surface area (Å²) < 4.78 is 38.0. The van der Waals surface area contributed by atoms with Crippen LogP contribution < -0.4 is 10.2 Å². The molecule has 22 heavy (non-hydrogen) atoms. The number of para-hydroxylation sites is 1. The Labute approximate surface area is 129 Å². The highest BCUT2D eigenvalue weighted by Gasteiger charge is 2.45. The molecule has 0 aliphatic carbocycles. The highest BCUT2D eigenvalue weighted by atomic mass is 32.1. The lowest BCUT2D eigenvalue weighted by Gasteiger charge is -2.23. The van der Waals surface area contributed by atoms with E-state index >= 15 is 0 Å². The lowest BCUT2D eigenvalue weighted by atomic mass is 9.82. The van der Waals surface area contributed by atoms with Gasteiger partial charge in [0, 0.05) is 30.7 Å². The number of alkyl halides is 3. The molecule has 1 spiro atoms. The molecule has 0 saturated carbocycles. The van der Waals surface area contributed by atoms with Crippen LogP contribution in [0.2, 0.25) is 0 Å². The molecule has 1 atom stereocenters. The predicted octanol–water partition coefficient (Wildman–Crippen LogP) is 3.13. The first kappa shape index (κ1) is 13.8. The molecule has 3 heterocycles. The topological polar surface area (TPSA) is 41.1 Å². The van der Waals surface area contributed by atoms with E-state index in [4.69, 9.17) is 0 Å². The van der Waals surface area contributed by atoms with Crippen LogP contribution in [0.4, 0.5) is 24.0 Å². The second-order valence-electron chi connectivity index (χ2n) is 5.74. The van der Waals surface area contributed by atoms with Crippen molar-refractivity contribution in [1.82, 2.24) is 10.2 Å². The van der Waals surface area contributed by atoms with Crippen LogP contribution in [0.3, 0.4) is 0 Å². The highest BCUT2D eigenvalue weighted by molar-refractivity contribution is 7.15. The van der Waals surface area contributed by atoms with Crippen LogP contribution in [0.1, 0.15) is 17.0 Å². The van der Waals surface area contributed by atoms with Gasteiger partial charge in [0.2, 0.25) is 10.1 Å². The number of hydrogen-bond acceptors (Lipinski definition) is 5. The minimum absolute atomic E-state index is 0.0410. The average molecular weight is 326 g/mol. The molecule has 0 radical (unpaired) electrons. The zero-order valence-corrected chi connectivity index (χ0v) is 12.3. The van der Waals surface area contributed by atoms with Crippen molar-refractivity contribution >= 4 is 22.2 Å². The minimum atomic E-state index is -4.42. The van der Waals surface area contributed by atoms with E-state index < -0.39 is 11.2 Å². The summed E-state index contributed by atoms with van der Waals surface area (Å²) in [5, 5.41) is 9.88. The Morgan fingerprint density at radius 1 is 1.23 bits per heavy atom. The van der Waals surface area contributed by atoms with E-state index in [1.165, 1.54) is 5.56 Å². The maximum Gasteiger partial charge on any atom is 0.445 e. The van der Waals surface area contributed by atoms with E-state index in [2.05, 4.69) is 21.6 Å². The van der Waals surface area contributed by atoms with Gasteiger partial charge in [-0.2, -0.15) is 13.2 Å². The molecule has 8 heteroatoms. The molecular formula is C14H13F3N4S. The fourth-order valence-electron chi connectivity index (χ4n) is 3.32. The first-order valence-electron chi connectivity index (χ1n) is 6.97. The number of rotatable bonds is 1. The average Bonchev–Trinajstić information content (AvgIpc) is 3.19. The van der Waals surface area contributed by atoms with Gasteiger partial charge in [-0.05, 0) is 18.1 Å². The van der Waals surface area contributed by atoms with Gasteiger partial charge in [0.25, 0.3) is 0 Å². The summed E-state index contributed by atoms with van der Waals surface area (Å²) >= 11 is 0.619. The fraction of sp³-hybridized carbons (Fsp3) is 0.429. The molecule has 2 aromatic rings. The number of nitrogens with zero attached hydrogens (tertiary/aromatic N) is 3. The van der Waals surface area contributed by atoms with Gasteiger partial charge in [-0.3, -0.25) is 0 Å². The van der Waals surface area contributed by atoms with E-state index in [1.807, 2.05) is 23.1 Å². The molecular weight excluding hydrogens is 313 g/mol. The molecule has 1 aromatic heterocycles. The Morgan fingerprint density at radius 3 is 2.82 bits per heavy atom. The first-order valence-corrected chi connectivity index (χ1v) is 7.79.